The standard InChI is InChI=1S/C15H32N4O2/c1-13(2)17(4)12-15(21)18(5)10-14(20)11-19-8-6-16(3)7-9-19/h13-14,20H,6-12H2,1-5H3. The number of likely N-dealkylation sites (N-methyl/N-ethyl adjacent to an activating group) is 3. The average molecular weight is 300 g/mol. The Bertz CT molecular complexity index is 317. The second-order valence-electron chi connectivity index (χ2n) is 6.54. The maximum Gasteiger partial charge on any atom is 0.236 e. The molecule has 124 valence electrons. The van der Waals surface area contributed by atoms with E-state index in [2.05, 4.69) is 30.7 Å². The fourth-order valence-electron chi connectivity index (χ4n) is 2.32. The van der Waals surface area contributed by atoms with Gasteiger partial charge in [-0.15, -0.1) is 0 Å². The van der Waals surface area contributed by atoms with Gasteiger partial charge in [-0.25, -0.2) is 0 Å². The molecule has 1 N–H and O–H groups in total. The summed E-state index contributed by atoms with van der Waals surface area (Å²) in [5.41, 5.74) is 0. The summed E-state index contributed by atoms with van der Waals surface area (Å²) in [5.74, 6) is 0.0589. The fourth-order valence-corrected chi connectivity index (χ4v) is 2.32. The lowest BCUT2D eigenvalue weighted by molar-refractivity contribution is -0.132. The monoisotopic (exact) mass is 300 g/mol. The summed E-state index contributed by atoms with van der Waals surface area (Å²) in [4.78, 5) is 20.3. The van der Waals surface area contributed by atoms with E-state index >= 15 is 0 Å². The molecule has 1 aliphatic rings. The molecular weight excluding hydrogens is 268 g/mol. The maximum absolute atomic E-state index is 12.1. The molecule has 1 amide bonds. The van der Waals surface area contributed by atoms with Crippen LogP contribution in [0.3, 0.4) is 0 Å². The van der Waals surface area contributed by atoms with Crippen LogP contribution in [0.5, 0.6) is 0 Å². The highest BCUT2D eigenvalue weighted by Crippen LogP contribution is 2.02. The molecular formula is C15H32N4O2. The zero-order chi connectivity index (χ0) is 16.0. The number of aliphatic hydroxyl groups excluding tert-OH is 1. The van der Waals surface area contributed by atoms with Gasteiger partial charge < -0.3 is 14.9 Å². The molecule has 0 bridgehead atoms. The normalized spacial score (nSPS) is 19.2. The van der Waals surface area contributed by atoms with Crippen LogP contribution < -0.4 is 0 Å². The molecule has 1 fully saturated rings. The van der Waals surface area contributed by atoms with Crippen molar-refractivity contribution in [3.8, 4) is 0 Å². The van der Waals surface area contributed by atoms with Gasteiger partial charge in [-0.2, -0.15) is 0 Å². The minimum absolute atomic E-state index is 0.0589. The zero-order valence-corrected chi connectivity index (χ0v) is 14.2. The largest absolute Gasteiger partial charge is 0.390 e. The van der Waals surface area contributed by atoms with E-state index in [-0.39, 0.29) is 5.91 Å². The van der Waals surface area contributed by atoms with Crippen molar-refractivity contribution in [2.45, 2.75) is 26.0 Å². The van der Waals surface area contributed by atoms with Crippen molar-refractivity contribution in [3.05, 3.63) is 0 Å². The molecule has 21 heavy (non-hydrogen) atoms. The second-order valence-corrected chi connectivity index (χ2v) is 6.54. The average Bonchev–Trinajstić information content (AvgIpc) is 2.40. The fraction of sp³-hybridized carbons (Fsp3) is 0.933. The first-order chi connectivity index (χ1) is 9.79. The zero-order valence-electron chi connectivity index (χ0n) is 14.2. The SMILES string of the molecule is CC(C)N(C)CC(=O)N(C)CC(O)CN1CCN(C)CC1. The summed E-state index contributed by atoms with van der Waals surface area (Å²) < 4.78 is 0. The lowest BCUT2D eigenvalue weighted by Gasteiger charge is -2.34. The summed E-state index contributed by atoms with van der Waals surface area (Å²) in [7, 11) is 5.83. The highest BCUT2D eigenvalue weighted by Gasteiger charge is 2.20. The molecule has 0 radical (unpaired) electrons. The third kappa shape index (κ3) is 6.74. The van der Waals surface area contributed by atoms with Crippen molar-refractivity contribution in [1.82, 2.24) is 19.6 Å². The first-order valence-electron chi connectivity index (χ1n) is 7.82. The highest BCUT2D eigenvalue weighted by molar-refractivity contribution is 5.78. The minimum atomic E-state index is -0.480. The molecule has 0 aromatic heterocycles. The smallest absolute Gasteiger partial charge is 0.236 e. The third-order valence-electron chi connectivity index (χ3n) is 4.24. The van der Waals surface area contributed by atoms with Gasteiger partial charge in [0, 0.05) is 52.4 Å². The van der Waals surface area contributed by atoms with Gasteiger partial charge >= 0.3 is 0 Å². The van der Waals surface area contributed by atoms with Gasteiger partial charge in [0.05, 0.1) is 12.6 Å². The molecule has 1 saturated heterocycles. The Morgan fingerprint density at radius 3 is 2.29 bits per heavy atom. The number of amides is 1. The molecule has 1 heterocycles. The summed E-state index contributed by atoms with van der Waals surface area (Å²) in [6, 6.07) is 0.345. The summed E-state index contributed by atoms with van der Waals surface area (Å²) in [6.07, 6.45) is -0.480. The van der Waals surface area contributed by atoms with Crippen molar-refractivity contribution in [2.24, 2.45) is 0 Å². The van der Waals surface area contributed by atoms with Gasteiger partial charge in [0.15, 0.2) is 0 Å². The van der Waals surface area contributed by atoms with Crippen LogP contribution in [0.1, 0.15) is 13.8 Å². The predicted molar refractivity (Wildman–Crippen MR) is 85.3 cm³/mol. The van der Waals surface area contributed by atoms with Gasteiger partial charge in [0.25, 0.3) is 0 Å². The second kappa shape index (κ2) is 8.68. The Labute approximate surface area is 129 Å². The van der Waals surface area contributed by atoms with Crippen LogP contribution in [0.2, 0.25) is 0 Å². The predicted octanol–water partition coefficient (Wildman–Crippen LogP) is -0.607. The molecule has 0 spiro atoms. The first-order valence-corrected chi connectivity index (χ1v) is 7.82. The molecule has 6 heteroatoms. The van der Waals surface area contributed by atoms with Crippen molar-refractivity contribution in [2.75, 3.05) is 67.0 Å². The molecule has 0 aromatic rings. The van der Waals surface area contributed by atoms with Gasteiger partial charge in [0.2, 0.25) is 5.91 Å². The van der Waals surface area contributed by atoms with E-state index in [1.807, 2.05) is 11.9 Å². The van der Waals surface area contributed by atoms with Crippen LogP contribution >= 0.6 is 0 Å². The first kappa shape index (κ1) is 18.4. The van der Waals surface area contributed by atoms with Gasteiger partial charge in [-0.3, -0.25) is 14.6 Å². The number of rotatable bonds is 7. The van der Waals surface area contributed by atoms with Crippen LogP contribution in [0, 0.1) is 0 Å². The Hall–Kier alpha value is -0.690. The molecule has 0 aliphatic carbocycles. The van der Waals surface area contributed by atoms with E-state index in [9.17, 15) is 9.90 Å². The summed E-state index contributed by atoms with van der Waals surface area (Å²) in [5, 5.41) is 10.2. The third-order valence-corrected chi connectivity index (χ3v) is 4.24. The van der Waals surface area contributed by atoms with Gasteiger partial charge in [-0.1, -0.05) is 0 Å². The molecule has 0 aromatic carbocycles. The number of hydrogen-bond donors (Lipinski definition) is 1. The quantitative estimate of drug-likeness (QED) is 0.680. The van der Waals surface area contributed by atoms with E-state index in [1.165, 1.54) is 0 Å². The van der Waals surface area contributed by atoms with Crippen LogP contribution in [-0.4, -0.2) is 110 Å². The Balaban J connectivity index is 2.29. The molecule has 1 unspecified atom stereocenters. The van der Waals surface area contributed by atoms with E-state index in [4.69, 9.17) is 0 Å². The topological polar surface area (TPSA) is 50.3 Å². The molecule has 1 atom stereocenters. The van der Waals surface area contributed by atoms with Crippen LogP contribution in [0.15, 0.2) is 0 Å². The van der Waals surface area contributed by atoms with Crippen molar-refractivity contribution >= 4 is 5.91 Å². The number of carbonyl (C=O) groups excluding carboxylic acids is 1. The van der Waals surface area contributed by atoms with Crippen LogP contribution in [-0.2, 0) is 4.79 Å². The summed E-state index contributed by atoms with van der Waals surface area (Å²) in [6.45, 7) is 9.63. The van der Waals surface area contributed by atoms with Crippen molar-refractivity contribution in [3.63, 3.8) is 0 Å². The number of β-amino-alcohol motifs (C(OH)–C–C–N with tert-alkyl or cyclic N) is 1. The van der Waals surface area contributed by atoms with E-state index in [0.717, 1.165) is 26.2 Å². The Kier molecular flexibility index (Phi) is 7.59. The lowest BCUT2D eigenvalue weighted by Crippen LogP contribution is -2.49. The van der Waals surface area contributed by atoms with Crippen molar-refractivity contribution in [1.29, 1.82) is 0 Å². The number of piperazine rings is 1. The van der Waals surface area contributed by atoms with Gasteiger partial charge in [-0.05, 0) is 27.9 Å². The van der Waals surface area contributed by atoms with E-state index < -0.39 is 6.10 Å². The van der Waals surface area contributed by atoms with E-state index in [1.54, 1.807) is 11.9 Å². The maximum atomic E-state index is 12.1. The van der Waals surface area contributed by atoms with E-state index in [0.29, 0.717) is 25.7 Å². The Morgan fingerprint density at radius 2 is 1.76 bits per heavy atom. The number of carbonyl (C=O) groups is 1. The molecule has 0 saturated carbocycles. The highest BCUT2D eigenvalue weighted by atomic mass is 16.3. The molecule has 6 nitrogen and oxygen atoms in total. The van der Waals surface area contributed by atoms with Gasteiger partial charge in [0.1, 0.15) is 0 Å². The lowest BCUT2D eigenvalue weighted by atomic mass is 10.2. The Morgan fingerprint density at radius 1 is 1.19 bits per heavy atom. The molecule has 1 aliphatic heterocycles. The van der Waals surface area contributed by atoms with Crippen LogP contribution in [0.4, 0.5) is 0 Å². The van der Waals surface area contributed by atoms with Crippen molar-refractivity contribution < 1.29 is 9.90 Å². The number of nitrogens with zero attached hydrogens (tertiary/aromatic N) is 4. The number of aliphatic hydroxyl groups is 1. The molecule has 1 rings (SSSR count). The minimum Gasteiger partial charge on any atom is -0.390 e. The number of hydrogen-bond acceptors (Lipinski definition) is 5. The van der Waals surface area contributed by atoms with Crippen LogP contribution in [0.25, 0.3) is 0 Å². The summed E-state index contributed by atoms with van der Waals surface area (Å²) >= 11 is 0.